The van der Waals surface area contributed by atoms with Gasteiger partial charge in [0.2, 0.25) is 0 Å². The SMILES string of the molecule is COc1cc2nc(C)cn2cc1NC(=O)c1c(F)cc(N2CCC(NC3CC3)CC2)c2cc(C)nn12. The van der Waals surface area contributed by atoms with Gasteiger partial charge in [0.05, 0.1) is 29.7 Å². The molecule has 36 heavy (non-hydrogen) atoms. The van der Waals surface area contributed by atoms with Crippen LogP contribution in [0.4, 0.5) is 15.8 Å². The summed E-state index contributed by atoms with van der Waals surface area (Å²) in [5.41, 5.74) is 4.01. The molecule has 4 aromatic heterocycles. The van der Waals surface area contributed by atoms with E-state index in [0.29, 0.717) is 34.9 Å². The third kappa shape index (κ3) is 4.15. The van der Waals surface area contributed by atoms with Crippen LogP contribution in [0.15, 0.2) is 30.6 Å². The van der Waals surface area contributed by atoms with Gasteiger partial charge in [0.25, 0.3) is 5.91 Å². The Bertz CT molecular complexity index is 1460. The number of piperidine rings is 1. The molecule has 0 spiro atoms. The van der Waals surface area contributed by atoms with E-state index in [9.17, 15) is 4.79 Å². The molecule has 1 aliphatic carbocycles. The van der Waals surface area contributed by atoms with Gasteiger partial charge in [-0.05, 0) is 45.6 Å². The van der Waals surface area contributed by atoms with Crippen LogP contribution in [0, 0.1) is 19.7 Å². The van der Waals surface area contributed by atoms with Crippen molar-refractivity contribution in [2.45, 2.75) is 51.6 Å². The first-order valence-electron chi connectivity index (χ1n) is 12.4. The number of nitrogens with zero attached hydrogens (tertiary/aromatic N) is 5. The number of amides is 1. The minimum Gasteiger partial charge on any atom is -0.494 e. The van der Waals surface area contributed by atoms with Gasteiger partial charge in [0, 0.05) is 49.7 Å². The van der Waals surface area contributed by atoms with E-state index in [1.807, 2.05) is 26.1 Å². The first kappa shape index (κ1) is 22.8. The van der Waals surface area contributed by atoms with Crippen LogP contribution in [0.1, 0.15) is 47.6 Å². The highest BCUT2D eigenvalue weighted by Gasteiger charge is 2.29. The lowest BCUT2D eigenvalue weighted by molar-refractivity contribution is 0.101. The third-order valence-electron chi connectivity index (χ3n) is 7.04. The van der Waals surface area contributed by atoms with Crippen molar-refractivity contribution in [3.8, 4) is 5.75 Å². The van der Waals surface area contributed by atoms with E-state index >= 15 is 4.39 Å². The molecule has 1 amide bonds. The molecule has 1 aliphatic heterocycles. The van der Waals surface area contributed by atoms with E-state index in [-0.39, 0.29) is 5.69 Å². The zero-order valence-corrected chi connectivity index (χ0v) is 20.7. The van der Waals surface area contributed by atoms with E-state index in [1.54, 1.807) is 16.7 Å². The standard InChI is InChI=1S/C26H30FN7O2/c1-15-10-22-21(32-8-6-18(7-9-32)29-17-4-5-17)11-19(27)25(34(22)31-15)26(35)30-20-14-33-13-16(2)28-24(33)12-23(20)36-3/h10-14,17-18,29H,4-9H2,1-3H3,(H,30,35). The molecule has 4 aromatic rings. The van der Waals surface area contributed by atoms with E-state index in [2.05, 4.69) is 25.6 Å². The number of aromatic nitrogens is 4. The summed E-state index contributed by atoms with van der Waals surface area (Å²) in [6.07, 6.45) is 8.12. The van der Waals surface area contributed by atoms with Crippen molar-refractivity contribution in [3.05, 3.63) is 53.5 Å². The molecule has 10 heteroatoms. The molecule has 2 N–H and O–H groups in total. The Morgan fingerprint density at radius 2 is 1.81 bits per heavy atom. The van der Waals surface area contributed by atoms with Crippen molar-refractivity contribution in [2.24, 2.45) is 0 Å². The normalized spacial score (nSPS) is 16.7. The molecule has 5 heterocycles. The number of imidazole rings is 1. The predicted molar refractivity (Wildman–Crippen MR) is 136 cm³/mol. The Kier molecular flexibility index (Phi) is 5.55. The Labute approximate surface area is 208 Å². The van der Waals surface area contributed by atoms with Gasteiger partial charge in [0.15, 0.2) is 11.5 Å². The van der Waals surface area contributed by atoms with Crippen LogP contribution in [0.25, 0.3) is 11.2 Å². The monoisotopic (exact) mass is 491 g/mol. The van der Waals surface area contributed by atoms with Gasteiger partial charge in [-0.3, -0.25) is 4.79 Å². The van der Waals surface area contributed by atoms with Crippen molar-refractivity contribution in [3.63, 3.8) is 0 Å². The summed E-state index contributed by atoms with van der Waals surface area (Å²) in [4.78, 5) is 20.0. The van der Waals surface area contributed by atoms with Gasteiger partial charge >= 0.3 is 0 Å². The maximum absolute atomic E-state index is 15.6. The number of nitrogens with one attached hydrogen (secondary N) is 2. The average molecular weight is 492 g/mol. The maximum atomic E-state index is 15.6. The number of ether oxygens (including phenoxy) is 1. The number of halogens is 1. The second-order valence-electron chi connectivity index (χ2n) is 9.87. The highest BCUT2D eigenvalue weighted by atomic mass is 19.1. The molecule has 1 saturated carbocycles. The smallest absolute Gasteiger partial charge is 0.277 e. The van der Waals surface area contributed by atoms with Crippen LogP contribution >= 0.6 is 0 Å². The maximum Gasteiger partial charge on any atom is 0.277 e. The Balaban J connectivity index is 1.31. The fourth-order valence-electron chi connectivity index (χ4n) is 5.13. The van der Waals surface area contributed by atoms with Crippen molar-refractivity contribution >= 4 is 28.4 Å². The summed E-state index contributed by atoms with van der Waals surface area (Å²) >= 11 is 0. The molecular weight excluding hydrogens is 461 g/mol. The minimum absolute atomic E-state index is 0.143. The number of rotatable bonds is 6. The zero-order valence-electron chi connectivity index (χ0n) is 20.7. The highest BCUT2D eigenvalue weighted by Crippen LogP contribution is 2.31. The van der Waals surface area contributed by atoms with Gasteiger partial charge in [-0.2, -0.15) is 5.10 Å². The number of anilines is 2. The minimum atomic E-state index is -0.616. The number of hydrogen-bond acceptors (Lipinski definition) is 6. The lowest BCUT2D eigenvalue weighted by atomic mass is 10.0. The predicted octanol–water partition coefficient (Wildman–Crippen LogP) is 3.72. The third-order valence-corrected chi connectivity index (χ3v) is 7.04. The molecule has 6 rings (SSSR count). The molecule has 0 unspecified atom stereocenters. The lowest BCUT2D eigenvalue weighted by Crippen LogP contribution is -2.43. The van der Waals surface area contributed by atoms with E-state index < -0.39 is 11.7 Å². The van der Waals surface area contributed by atoms with Crippen molar-refractivity contribution in [1.29, 1.82) is 0 Å². The van der Waals surface area contributed by atoms with Gasteiger partial charge in [-0.15, -0.1) is 0 Å². The first-order chi connectivity index (χ1) is 17.4. The zero-order chi connectivity index (χ0) is 25.0. The van der Waals surface area contributed by atoms with Crippen molar-refractivity contribution in [2.75, 3.05) is 30.4 Å². The topological polar surface area (TPSA) is 88.2 Å². The fraction of sp³-hybridized carbons (Fsp3) is 0.423. The van der Waals surface area contributed by atoms with Crippen LogP contribution < -0.4 is 20.3 Å². The largest absolute Gasteiger partial charge is 0.494 e. The van der Waals surface area contributed by atoms with Crippen LogP contribution in [0.2, 0.25) is 0 Å². The summed E-state index contributed by atoms with van der Waals surface area (Å²) in [6.45, 7) is 5.39. The molecule has 0 bridgehead atoms. The number of carbonyl (C=O) groups excluding carboxylic acids is 1. The number of aryl methyl sites for hydroxylation is 2. The van der Waals surface area contributed by atoms with Gasteiger partial charge in [-0.1, -0.05) is 0 Å². The first-order valence-corrected chi connectivity index (χ1v) is 12.4. The van der Waals surface area contributed by atoms with Crippen LogP contribution in [0.3, 0.4) is 0 Å². The number of carbonyl (C=O) groups is 1. The summed E-state index contributed by atoms with van der Waals surface area (Å²) in [5, 5.41) is 11.0. The number of methoxy groups -OCH3 is 1. The fourth-order valence-corrected chi connectivity index (χ4v) is 5.13. The number of hydrogen-bond donors (Lipinski definition) is 2. The highest BCUT2D eigenvalue weighted by molar-refractivity contribution is 6.05. The van der Waals surface area contributed by atoms with Crippen LogP contribution in [-0.2, 0) is 0 Å². The molecule has 0 atom stereocenters. The average Bonchev–Trinajstić information content (AvgIpc) is 3.46. The molecule has 2 aliphatic rings. The van der Waals surface area contributed by atoms with Gasteiger partial charge < -0.3 is 24.7 Å². The van der Waals surface area contributed by atoms with Gasteiger partial charge in [-0.25, -0.2) is 13.9 Å². The van der Waals surface area contributed by atoms with Crippen molar-refractivity contribution < 1.29 is 13.9 Å². The van der Waals surface area contributed by atoms with E-state index in [0.717, 1.165) is 42.8 Å². The quantitative estimate of drug-likeness (QED) is 0.428. The summed E-state index contributed by atoms with van der Waals surface area (Å²) in [5.74, 6) is -0.780. The van der Waals surface area contributed by atoms with Crippen LogP contribution in [0.5, 0.6) is 5.75 Å². The van der Waals surface area contributed by atoms with Crippen molar-refractivity contribution in [1.82, 2.24) is 24.3 Å². The molecule has 0 radical (unpaired) electrons. The molecule has 188 valence electrons. The molecule has 2 fully saturated rings. The second-order valence-corrected chi connectivity index (χ2v) is 9.87. The van der Waals surface area contributed by atoms with E-state index in [4.69, 9.17) is 4.74 Å². The summed E-state index contributed by atoms with van der Waals surface area (Å²) < 4.78 is 24.3. The van der Waals surface area contributed by atoms with E-state index in [1.165, 1.54) is 30.5 Å². The summed E-state index contributed by atoms with van der Waals surface area (Å²) in [7, 11) is 1.52. The second kappa shape index (κ2) is 8.77. The number of fused-ring (bicyclic) bond motifs is 2. The molecule has 9 nitrogen and oxygen atoms in total. The van der Waals surface area contributed by atoms with Crippen LogP contribution in [-0.4, -0.2) is 57.2 Å². The Morgan fingerprint density at radius 3 is 2.53 bits per heavy atom. The molecular formula is C26H30FN7O2. The summed E-state index contributed by atoms with van der Waals surface area (Å²) in [6, 6.07) is 6.30. The Morgan fingerprint density at radius 1 is 1.06 bits per heavy atom. The molecule has 1 saturated heterocycles. The number of pyridine rings is 2. The molecule has 0 aromatic carbocycles. The van der Waals surface area contributed by atoms with Gasteiger partial charge in [0.1, 0.15) is 17.1 Å². The lowest BCUT2D eigenvalue weighted by Gasteiger charge is -2.34. The Hall–Kier alpha value is -3.66.